The van der Waals surface area contributed by atoms with E-state index >= 15 is 0 Å². The molecule has 0 saturated heterocycles. The van der Waals surface area contributed by atoms with Gasteiger partial charge < -0.3 is 5.32 Å². The average molecular weight is 394 g/mol. The van der Waals surface area contributed by atoms with Crippen molar-refractivity contribution in [2.75, 3.05) is 5.32 Å². The number of halogens is 2. The van der Waals surface area contributed by atoms with Gasteiger partial charge in [0.1, 0.15) is 0 Å². The van der Waals surface area contributed by atoms with Gasteiger partial charge in [-0.2, -0.15) is 0 Å². The van der Waals surface area contributed by atoms with E-state index in [0.29, 0.717) is 15.6 Å². The molecule has 0 radical (unpaired) electrons. The van der Waals surface area contributed by atoms with Crippen LogP contribution >= 0.6 is 23.2 Å². The van der Waals surface area contributed by atoms with Crippen molar-refractivity contribution >= 4 is 40.9 Å². The largest absolute Gasteiger partial charge is 0.322 e. The molecular formula is C23H17Cl2NO. The molecule has 1 amide bonds. The third-order valence-electron chi connectivity index (χ3n) is 4.69. The van der Waals surface area contributed by atoms with Gasteiger partial charge >= 0.3 is 0 Å². The molecule has 0 bridgehead atoms. The molecule has 134 valence electrons. The Hall–Kier alpha value is -2.55. The zero-order valence-corrected chi connectivity index (χ0v) is 16.0. The highest BCUT2D eigenvalue weighted by atomic mass is 35.5. The number of carbonyl (C=O) groups is 1. The molecule has 1 aliphatic rings. The number of aryl methyl sites for hydroxylation is 1. The predicted octanol–water partition coefficient (Wildman–Crippen LogP) is 6.87. The standard InChI is InChI=1S/C23H17Cl2NO/c24-17-10-13-21(22(25)14-17)23(27)26-18-11-8-16(9-12-18)20-7-3-5-15-4-1-2-6-19(15)20/h2-3,5-14H,1,4H2,(H,26,27). The molecule has 0 saturated carbocycles. The van der Waals surface area contributed by atoms with Crippen LogP contribution in [0.5, 0.6) is 0 Å². The SMILES string of the molecule is O=C(Nc1ccc(-c2cccc3c2C=CCC3)cc1)c1ccc(Cl)cc1Cl. The summed E-state index contributed by atoms with van der Waals surface area (Å²) in [5.74, 6) is -0.260. The second kappa shape index (κ2) is 7.59. The molecule has 4 rings (SSSR count). The van der Waals surface area contributed by atoms with Gasteiger partial charge in [-0.15, -0.1) is 0 Å². The van der Waals surface area contributed by atoms with Crippen LogP contribution in [0.4, 0.5) is 5.69 Å². The molecule has 27 heavy (non-hydrogen) atoms. The van der Waals surface area contributed by atoms with Crippen LogP contribution in [0.2, 0.25) is 10.0 Å². The highest BCUT2D eigenvalue weighted by Gasteiger charge is 2.13. The Bertz CT molecular complexity index is 1040. The van der Waals surface area contributed by atoms with Crippen LogP contribution < -0.4 is 5.32 Å². The normalized spacial score (nSPS) is 12.5. The molecule has 0 atom stereocenters. The zero-order chi connectivity index (χ0) is 18.8. The quantitative estimate of drug-likeness (QED) is 0.516. The Balaban J connectivity index is 1.57. The summed E-state index contributed by atoms with van der Waals surface area (Å²) in [5.41, 5.74) is 6.11. The lowest BCUT2D eigenvalue weighted by Gasteiger charge is -2.15. The highest BCUT2D eigenvalue weighted by Crippen LogP contribution is 2.31. The van der Waals surface area contributed by atoms with Crippen LogP contribution in [-0.4, -0.2) is 5.91 Å². The maximum atomic E-state index is 12.4. The van der Waals surface area contributed by atoms with Gasteiger partial charge in [0.2, 0.25) is 0 Å². The summed E-state index contributed by atoms with van der Waals surface area (Å²) in [5, 5.41) is 3.71. The first kappa shape index (κ1) is 17.8. The Labute approximate surface area is 168 Å². The van der Waals surface area contributed by atoms with Crippen molar-refractivity contribution in [2.24, 2.45) is 0 Å². The van der Waals surface area contributed by atoms with E-state index < -0.39 is 0 Å². The zero-order valence-electron chi connectivity index (χ0n) is 14.5. The van der Waals surface area contributed by atoms with E-state index in [4.69, 9.17) is 23.2 Å². The fourth-order valence-corrected chi connectivity index (χ4v) is 3.82. The summed E-state index contributed by atoms with van der Waals surface area (Å²) in [7, 11) is 0. The Morgan fingerprint density at radius 1 is 0.963 bits per heavy atom. The summed E-state index contributed by atoms with van der Waals surface area (Å²) in [6.07, 6.45) is 6.59. The van der Waals surface area contributed by atoms with Crippen LogP contribution in [0.1, 0.15) is 27.9 Å². The number of carbonyl (C=O) groups excluding carboxylic acids is 1. The molecule has 0 unspecified atom stereocenters. The molecule has 1 N–H and O–H groups in total. The number of anilines is 1. The molecule has 2 nitrogen and oxygen atoms in total. The number of benzene rings is 3. The van der Waals surface area contributed by atoms with Crippen LogP contribution in [0.3, 0.4) is 0 Å². The second-order valence-electron chi connectivity index (χ2n) is 6.48. The molecule has 0 heterocycles. The minimum atomic E-state index is -0.260. The average Bonchev–Trinajstić information content (AvgIpc) is 2.68. The third kappa shape index (κ3) is 3.78. The van der Waals surface area contributed by atoms with E-state index in [9.17, 15) is 4.79 Å². The molecule has 4 heteroatoms. The van der Waals surface area contributed by atoms with Crippen molar-refractivity contribution in [3.8, 4) is 11.1 Å². The van der Waals surface area contributed by atoms with Crippen LogP contribution in [0.15, 0.2) is 66.7 Å². The molecule has 0 aliphatic heterocycles. The van der Waals surface area contributed by atoms with Gasteiger partial charge in [-0.25, -0.2) is 0 Å². The van der Waals surface area contributed by atoms with E-state index in [2.05, 4.69) is 35.7 Å². The lowest BCUT2D eigenvalue weighted by atomic mass is 9.90. The Kier molecular flexibility index (Phi) is 5.02. The van der Waals surface area contributed by atoms with Crippen molar-refractivity contribution in [2.45, 2.75) is 12.8 Å². The first-order valence-corrected chi connectivity index (χ1v) is 9.53. The summed E-state index contributed by atoms with van der Waals surface area (Å²) in [6, 6.07) is 19.1. The Morgan fingerprint density at radius 3 is 2.56 bits per heavy atom. The van der Waals surface area contributed by atoms with E-state index in [1.807, 2.05) is 24.3 Å². The topological polar surface area (TPSA) is 29.1 Å². The number of rotatable bonds is 3. The van der Waals surface area contributed by atoms with Crippen LogP contribution in [0, 0.1) is 0 Å². The summed E-state index contributed by atoms with van der Waals surface area (Å²) in [4.78, 5) is 12.4. The van der Waals surface area contributed by atoms with Crippen molar-refractivity contribution < 1.29 is 4.79 Å². The maximum Gasteiger partial charge on any atom is 0.257 e. The lowest BCUT2D eigenvalue weighted by Crippen LogP contribution is -2.12. The first-order valence-electron chi connectivity index (χ1n) is 8.77. The van der Waals surface area contributed by atoms with E-state index in [1.54, 1.807) is 18.2 Å². The summed E-state index contributed by atoms with van der Waals surface area (Å²) in [6.45, 7) is 0. The highest BCUT2D eigenvalue weighted by molar-refractivity contribution is 6.37. The van der Waals surface area contributed by atoms with Crippen LogP contribution in [-0.2, 0) is 6.42 Å². The van der Waals surface area contributed by atoms with Gasteiger partial charge in [0.15, 0.2) is 0 Å². The van der Waals surface area contributed by atoms with Gasteiger partial charge in [0, 0.05) is 10.7 Å². The van der Waals surface area contributed by atoms with Crippen molar-refractivity contribution in [1.29, 1.82) is 0 Å². The molecule has 3 aromatic carbocycles. The first-order chi connectivity index (χ1) is 13.1. The van der Waals surface area contributed by atoms with Gasteiger partial charge in [0.05, 0.1) is 10.6 Å². The molecule has 0 aromatic heterocycles. The van der Waals surface area contributed by atoms with Gasteiger partial charge in [-0.05, 0) is 65.4 Å². The van der Waals surface area contributed by atoms with Crippen molar-refractivity contribution in [3.63, 3.8) is 0 Å². The number of fused-ring (bicyclic) bond motifs is 1. The number of nitrogens with one attached hydrogen (secondary N) is 1. The van der Waals surface area contributed by atoms with E-state index in [1.165, 1.54) is 16.7 Å². The third-order valence-corrected chi connectivity index (χ3v) is 5.24. The smallest absolute Gasteiger partial charge is 0.257 e. The summed E-state index contributed by atoms with van der Waals surface area (Å²) >= 11 is 12.0. The fraction of sp³-hybridized carbons (Fsp3) is 0.0870. The number of hydrogen-bond donors (Lipinski definition) is 1. The molecule has 0 fully saturated rings. The van der Waals surface area contributed by atoms with E-state index in [-0.39, 0.29) is 5.91 Å². The number of allylic oxidation sites excluding steroid dienone is 1. The number of amides is 1. The summed E-state index contributed by atoms with van der Waals surface area (Å²) < 4.78 is 0. The minimum absolute atomic E-state index is 0.260. The fourth-order valence-electron chi connectivity index (χ4n) is 3.32. The minimum Gasteiger partial charge on any atom is -0.322 e. The monoisotopic (exact) mass is 393 g/mol. The number of hydrogen-bond acceptors (Lipinski definition) is 1. The van der Waals surface area contributed by atoms with Gasteiger partial charge in [-0.1, -0.05) is 65.7 Å². The van der Waals surface area contributed by atoms with Gasteiger partial charge in [-0.3, -0.25) is 4.79 Å². The molecular weight excluding hydrogens is 377 g/mol. The molecule has 1 aliphatic carbocycles. The predicted molar refractivity (Wildman–Crippen MR) is 114 cm³/mol. The maximum absolute atomic E-state index is 12.4. The second-order valence-corrected chi connectivity index (χ2v) is 7.32. The molecule has 0 spiro atoms. The van der Waals surface area contributed by atoms with Gasteiger partial charge in [0.25, 0.3) is 5.91 Å². The lowest BCUT2D eigenvalue weighted by molar-refractivity contribution is 0.102. The van der Waals surface area contributed by atoms with Crippen molar-refractivity contribution in [1.82, 2.24) is 0 Å². The van der Waals surface area contributed by atoms with Crippen LogP contribution in [0.25, 0.3) is 17.2 Å². The molecule has 3 aromatic rings. The van der Waals surface area contributed by atoms with Crippen molar-refractivity contribution in [3.05, 3.63) is 93.5 Å². The van der Waals surface area contributed by atoms with E-state index in [0.717, 1.165) is 24.1 Å². The Morgan fingerprint density at radius 2 is 1.78 bits per heavy atom.